The average Bonchev–Trinajstić information content (AvgIpc) is 2.71. The van der Waals surface area contributed by atoms with Crippen LogP contribution >= 0.6 is 0 Å². The molecule has 0 aromatic heterocycles. The molecule has 154 valence electrons. The van der Waals surface area contributed by atoms with Gasteiger partial charge in [0.15, 0.2) is 6.61 Å². The van der Waals surface area contributed by atoms with Gasteiger partial charge in [0.1, 0.15) is 23.2 Å². The van der Waals surface area contributed by atoms with Crippen molar-refractivity contribution in [2.45, 2.75) is 13.5 Å². The van der Waals surface area contributed by atoms with E-state index in [1.165, 1.54) is 32.4 Å². The summed E-state index contributed by atoms with van der Waals surface area (Å²) in [5, 5.41) is 12.6. The number of ether oxygens (including phenoxy) is 2. The van der Waals surface area contributed by atoms with Crippen LogP contribution in [0.5, 0.6) is 11.5 Å². The van der Waals surface area contributed by atoms with E-state index in [9.17, 15) is 14.0 Å². The third-order valence-corrected chi connectivity index (χ3v) is 4.16. The van der Waals surface area contributed by atoms with Crippen LogP contribution < -0.4 is 25.8 Å². The zero-order chi connectivity index (χ0) is 21.6. The molecule has 2 aromatic rings. The summed E-state index contributed by atoms with van der Waals surface area (Å²) in [7, 11) is 2.91. The molecule has 0 radical (unpaired) electrons. The lowest BCUT2D eigenvalue weighted by Gasteiger charge is -2.14. The number of hydrogen-bond donors (Lipinski definition) is 4. The number of likely N-dealkylation sites (N-methyl/N-ethyl adjacent to an activating group) is 1. The number of nitrogen functional groups attached to an aromatic ring is 1. The number of amides is 2. The fourth-order valence-electron chi connectivity index (χ4n) is 2.51. The maximum atomic E-state index is 14.3. The smallest absolute Gasteiger partial charge is 0.257 e. The lowest BCUT2D eigenvalue weighted by Crippen LogP contribution is -2.27. The number of hydrogen-bond acceptors (Lipinski definition) is 5. The third-order valence-electron chi connectivity index (χ3n) is 4.16. The van der Waals surface area contributed by atoms with Gasteiger partial charge >= 0.3 is 0 Å². The van der Waals surface area contributed by atoms with E-state index >= 15 is 0 Å². The molecule has 0 saturated carbocycles. The first-order valence-electron chi connectivity index (χ1n) is 8.69. The number of nitrogens with one attached hydrogen (secondary N) is 3. The first kappa shape index (κ1) is 21.7. The molecule has 0 heterocycles. The number of methoxy groups -OCH3 is 1. The van der Waals surface area contributed by atoms with Gasteiger partial charge in [0.2, 0.25) is 0 Å². The highest BCUT2D eigenvalue weighted by Crippen LogP contribution is 2.23. The monoisotopic (exact) mass is 402 g/mol. The fraction of sp³-hybridized carbons (Fsp3) is 0.250. The third kappa shape index (κ3) is 5.44. The van der Waals surface area contributed by atoms with E-state index in [1.54, 1.807) is 19.1 Å². The maximum absolute atomic E-state index is 14.3. The van der Waals surface area contributed by atoms with E-state index < -0.39 is 11.7 Å². The van der Waals surface area contributed by atoms with Gasteiger partial charge in [-0.15, -0.1) is 0 Å². The van der Waals surface area contributed by atoms with Gasteiger partial charge in [0.25, 0.3) is 11.8 Å². The number of rotatable bonds is 8. The number of amidine groups is 1. The molecule has 0 unspecified atom stereocenters. The predicted molar refractivity (Wildman–Crippen MR) is 106 cm³/mol. The summed E-state index contributed by atoms with van der Waals surface area (Å²) in [6.45, 7) is 1.30. The normalized spacial score (nSPS) is 10.2. The summed E-state index contributed by atoms with van der Waals surface area (Å²) in [6.07, 6.45) is 0. The number of aryl methyl sites for hydroxylation is 1. The SMILES string of the molecule is CNC(=O)COc1cc(C(=N)N)ccc1CNC(=O)c1cc(OC)cc(C)c1F. The Morgan fingerprint density at radius 2 is 1.97 bits per heavy atom. The largest absolute Gasteiger partial charge is 0.497 e. The summed E-state index contributed by atoms with van der Waals surface area (Å²) < 4.78 is 24.9. The lowest BCUT2D eigenvalue weighted by atomic mass is 10.1. The molecule has 0 bridgehead atoms. The first-order valence-corrected chi connectivity index (χ1v) is 8.69. The molecular weight excluding hydrogens is 379 g/mol. The van der Waals surface area contributed by atoms with Crippen LogP contribution in [0.2, 0.25) is 0 Å². The van der Waals surface area contributed by atoms with Crippen LogP contribution in [-0.4, -0.2) is 38.4 Å². The van der Waals surface area contributed by atoms with Crippen molar-refractivity contribution >= 4 is 17.6 Å². The number of nitrogens with two attached hydrogens (primary N) is 1. The highest BCUT2D eigenvalue weighted by molar-refractivity contribution is 5.96. The van der Waals surface area contributed by atoms with Crippen molar-refractivity contribution in [3.05, 3.63) is 58.4 Å². The molecular formula is C20H23FN4O4. The summed E-state index contributed by atoms with van der Waals surface area (Å²) >= 11 is 0. The first-order chi connectivity index (χ1) is 13.8. The van der Waals surface area contributed by atoms with E-state index in [0.29, 0.717) is 16.9 Å². The standard InChI is InChI=1S/C20H23FN4O4/c1-11-6-14(28-3)8-15(18(11)21)20(27)25-9-13-5-4-12(19(22)23)7-16(13)29-10-17(26)24-2/h4-8H,9-10H2,1-3H3,(H3,22,23)(H,24,26)(H,25,27). The Hall–Kier alpha value is -3.62. The van der Waals surface area contributed by atoms with Crippen LogP contribution in [0.15, 0.2) is 30.3 Å². The summed E-state index contributed by atoms with van der Waals surface area (Å²) in [5.41, 5.74) is 6.58. The number of benzene rings is 2. The van der Waals surface area contributed by atoms with E-state index in [0.717, 1.165) is 0 Å². The van der Waals surface area contributed by atoms with Crippen molar-refractivity contribution in [1.29, 1.82) is 5.41 Å². The van der Waals surface area contributed by atoms with E-state index in [4.69, 9.17) is 20.6 Å². The van der Waals surface area contributed by atoms with Crippen LogP contribution in [0, 0.1) is 18.2 Å². The minimum Gasteiger partial charge on any atom is -0.497 e. The van der Waals surface area contributed by atoms with Gasteiger partial charge in [0.05, 0.1) is 12.7 Å². The van der Waals surface area contributed by atoms with Gasteiger partial charge in [-0.3, -0.25) is 15.0 Å². The van der Waals surface area contributed by atoms with Crippen molar-refractivity contribution in [2.75, 3.05) is 20.8 Å². The van der Waals surface area contributed by atoms with Gasteiger partial charge < -0.3 is 25.8 Å². The summed E-state index contributed by atoms with van der Waals surface area (Å²) in [6, 6.07) is 7.52. The lowest BCUT2D eigenvalue weighted by molar-refractivity contribution is -0.122. The Balaban J connectivity index is 2.23. The quantitative estimate of drug-likeness (QED) is 0.393. The second kappa shape index (κ2) is 9.54. The molecule has 0 aliphatic rings. The van der Waals surface area contributed by atoms with Crippen molar-refractivity contribution in [3.63, 3.8) is 0 Å². The van der Waals surface area contributed by atoms with Crippen molar-refractivity contribution < 1.29 is 23.5 Å². The van der Waals surface area contributed by atoms with Crippen LogP contribution in [-0.2, 0) is 11.3 Å². The molecule has 2 aromatic carbocycles. The molecule has 0 spiro atoms. The van der Waals surface area contributed by atoms with Crippen LogP contribution in [0.3, 0.4) is 0 Å². The molecule has 0 aliphatic heterocycles. The predicted octanol–water partition coefficient (Wildman–Crippen LogP) is 1.48. The second-order valence-corrected chi connectivity index (χ2v) is 6.19. The average molecular weight is 402 g/mol. The second-order valence-electron chi connectivity index (χ2n) is 6.19. The zero-order valence-electron chi connectivity index (χ0n) is 16.4. The molecule has 0 saturated heterocycles. The summed E-state index contributed by atoms with van der Waals surface area (Å²) in [4.78, 5) is 24.0. The van der Waals surface area contributed by atoms with Crippen molar-refractivity contribution in [3.8, 4) is 11.5 Å². The molecule has 2 rings (SSSR count). The fourth-order valence-corrected chi connectivity index (χ4v) is 2.51. The molecule has 0 fully saturated rings. The Morgan fingerprint density at radius 3 is 2.59 bits per heavy atom. The molecule has 2 amide bonds. The van der Waals surface area contributed by atoms with Gasteiger partial charge in [-0.05, 0) is 30.7 Å². The van der Waals surface area contributed by atoms with E-state index in [-0.39, 0.29) is 41.8 Å². The number of carbonyl (C=O) groups excluding carboxylic acids is 2. The summed E-state index contributed by atoms with van der Waals surface area (Å²) in [5.74, 6) is -1.12. The van der Waals surface area contributed by atoms with Crippen molar-refractivity contribution in [2.24, 2.45) is 5.73 Å². The molecule has 5 N–H and O–H groups in total. The molecule has 9 heteroatoms. The van der Waals surface area contributed by atoms with Gasteiger partial charge in [0, 0.05) is 24.7 Å². The van der Waals surface area contributed by atoms with Gasteiger partial charge in [-0.2, -0.15) is 0 Å². The maximum Gasteiger partial charge on any atom is 0.257 e. The highest BCUT2D eigenvalue weighted by atomic mass is 19.1. The Kier molecular flexibility index (Phi) is 7.13. The molecule has 8 nitrogen and oxygen atoms in total. The Bertz CT molecular complexity index is 946. The number of halogens is 1. The molecule has 29 heavy (non-hydrogen) atoms. The van der Waals surface area contributed by atoms with Crippen LogP contribution in [0.25, 0.3) is 0 Å². The van der Waals surface area contributed by atoms with Crippen LogP contribution in [0.1, 0.15) is 27.0 Å². The Labute approximate surface area is 167 Å². The topological polar surface area (TPSA) is 127 Å². The number of carbonyl (C=O) groups is 2. The van der Waals surface area contributed by atoms with E-state index in [1.807, 2.05) is 0 Å². The zero-order valence-corrected chi connectivity index (χ0v) is 16.4. The minimum atomic E-state index is -0.633. The van der Waals surface area contributed by atoms with Gasteiger partial charge in [-0.1, -0.05) is 12.1 Å². The van der Waals surface area contributed by atoms with Crippen LogP contribution in [0.4, 0.5) is 4.39 Å². The molecule has 0 atom stereocenters. The van der Waals surface area contributed by atoms with E-state index in [2.05, 4.69) is 10.6 Å². The van der Waals surface area contributed by atoms with Gasteiger partial charge in [-0.25, -0.2) is 4.39 Å². The highest BCUT2D eigenvalue weighted by Gasteiger charge is 2.17. The van der Waals surface area contributed by atoms with Crippen molar-refractivity contribution in [1.82, 2.24) is 10.6 Å². The Morgan fingerprint density at radius 1 is 1.24 bits per heavy atom. The minimum absolute atomic E-state index is 0.00972. The molecule has 0 aliphatic carbocycles.